The summed E-state index contributed by atoms with van der Waals surface area (Å²) in [6.45, 7) is 7.90. The predicted molar refractivity (Wildman–Crippen MR) is 87.5 cm³/mol. The van der Waals surface area contributed by atoms with E-state index >= 15 is 0 Å². The maximum atomic E-state index is 13.2. The molecular formula is C12H25Cl3NO3P. The minimum Gasteiger partial charge on any atom is -0.329 e. The van der Waals surface area contributed by atoms with Gasteiger partial charge < -0.3 is 14.8 Å². The Morgan fingerprint density at radius 3 is 1.75 bits per heavy atom. The minimum atomic E-state index is -3.50. The largest absolute Gasteiger partial charge is 0.336 e. The minimum absolute atomic E-state index is 0.116. The average molecular weight is 369 g/mol. The molecule has 2 atom stereocenters. The van der Waals surface area contributed by atoms with Gasteiger partial charge in [-0.15, -0.1) is 34.8 Å². The Bertz CT molecular complexity index is 322. The van der Waals surface area contributed by atoms with E-state index in [-0.39, 0.29) is 31.5 Å². The summed E-state index contributed by atoms with van der Waals surface area (Å²) >= 11 is 17.7. The lowest BCUT2D eigenvalue weighted by atomic mass is 9.84. The maximum Gasteiger partial charge on any atom is 0.336 e. The highest BCUT2D eigenvalue weighted by molar-refractivity contribution is 7.55. The summed E-state index contributed by atoms with van der Waals surface area (Å²) in [4.78, 5) is -0.924. The van der Waals surface area contributed by atoms with Crippen LogP contribution in [-0.2, 0) is 13.6 Å². The molecule has 0 radical (unpaired) electrons. The molecule has 8 heteroatoms. The fourth-order valence-corrected chi connectivity index (χ4v) is 6.16. The second kappa shape index (κ2) is 8.57. The van der Waals surface area contributed by atoms with Crippen molar-refractivity contribution in [2.24, 2.45) is 11.1 Å². The van der Waals surface area contributed by atoms with Crippen LogP contribution in [0.3, 0.4) is 0 Å². The topological polar surface area (TPSA) is 61.6 Å². The third-order valence-corrected chi connectivity index (χ3v) is 6.70. The van der Waals surface area contributed by atoms with E-state index in [0.717, 1.165) is 0 Å². The lowest BCUT2D eigenvalue weighted by Gasteiger charge is -2.43. The molecule has 0 bridgehead atoms. The van der Waals surface area contributed by atoms with Crippen molar-refractivity contribution in [2.45, 2.75) is 38.2 Å². The molecule has 0 saturated heterocycles. The van der Waals surface area contributed by atoms with E-state index in [1.807, 2.05) is 20.8 Å². The van der Waals surface area contributed by atoms with Crippen molar-refractivity contribution >= 4 is 42.4 Å². The molecule has 0 fully saturated rings. The highest BCUT2D eigenvalue weighted by Gasteiger charge is 2.53. The van der Waals surface area contributed by atoms with Gasteiger partial charge in [-0.1, -0.05) is 20.8 Å². The van der Waals surface area contributed by atoms with E-state index < -0.39 is 23.5 Å². The fraction of sp³-hybridized carbons (Fsp3) is 1.00. The van der Waals surface area contributed by atoms with Gasteiger partial charge in [0, 0.05) is 18.3 Å². The van der Waals surface area contributed by atoms with Crippen LogP contribution in [0.15, 0.2) is 0 Å². The quantitative estimate of drug-likeness (QED) is 0.492. The summed E-state index contributed by atoms with van der Waals surface area (Å²) in [5.74, 6) is 0.430. The van der Waals surface area contributed by atoms with Crippen molar-refractivity contribution in [3.8, 4) is 0 Å². The summed E-state index contributed by atoms with van der Waals surface area (Å²) < 4.78 is 24.1. The molecule has 0 saturated carbocycles. The molecule has 0 heterocycles. The Hall–Kier alpha value is 0.980. The van der Waals surface area contributed by atoms with Crippen LogP contribution in [0.25, 0.3) is 0 Å². The van der Waals surface area contributed by atoms with Gasteiger partial charge >= 0.3 is 7.60 Å². The highest BCUT2D eigenvalue weighted by Crippen LogP contribution is 2.63. The Morgan fingerprint density at radius 1 is 1.10 bits per heavy atom. The van der Waals surface area contributed by atoms with Crippen LogP contribution in [0.5, 0.6) is 0 Å². The molecule has 122 valence electrons. The first-order chi connectivity index (χ1) is 9.05. The van der Waals surface area contributed by atoms with Gasteiger partial charge in [-0.25, -0.2) is 0 Å². The van der Waals surface area contributed by atoms with Crippen molar-refractivity contribution in [1.29, 1.82) is 0 Å². The zero-order valence-electron chi connectivity index (χ0n) is 12.5. The second-order valence-corrected chi connectivity index (χ2v) is 9.57. The Balaban J connectivity index is 5.57. The first kappa shape index (κ1) is 21.0. The van der Waals surface area contributed by atoms with Crippen molar-refractivity contribution in [3.05, 3.63) is 0 Å². The SMILES string of the molecule is CC(C)(C)C(C(C)(Cl)CN)P(=O)(OCCCl)OCCCl. The van der Waals surface area contributed by atoms with Crippen molar-refractivity contribution in [3.63, 3.8) is 0 Å². The van der Waals surface area contributed by atoms with Crippen molar-refractivity contribution in [1.82, 2.24) is 0 Å². The van der Waals surface area contributed by atoms with Crippen LogP contribution in [0.4, 0.5) is 0 Å². The molecule has 2 unspecified atom stereocenters. The summed E-state index contributed by atoms with van der Waals surface area (Å²) in [6.07, 6.45) is 0. The van der Waals surface area contributed by atoms with E-state index in [4.69, 9.17) is 49.6 Å². The van der Waals surface area contributed by atoms with Crippen molar-refractivity contribution in [2.75, 3.05) is 31.5 Å². The highest BCUT2D eigenvalue weighted by atomic mass is 35.5. The average Bonchev–Trinajstić information content (AvgIpc) is 2.32. The smallest absolute Gasteiger partial charge is 0.329 e. The maximum absolute atomic E-state index is 13.2. The molecule has 20 heavy (non-hydrogen) atoms. The number of hydrogen-bond acceptors (Lipinski definition) is 4. The normalized spacial score (nSPS) is 17.8. The van der Waals surface area contributed by atoms with Gasteiger partial charge in [0.05, 0.1) is 23.7 Å². The lowest BCUT2D eigenvalue weighted by Crippen LogP contribution is -2.48. The predicted octanol–water partition coefficient (Wildman–Crippen LogP) is 4.06. The standard InChI is InChI=1S/C12H25Cl3NO3P/c1-11(2,3)10(12(4,15)9-16)20(17,18-7-5-13)19-8-6-14/h10H,5-9,16H2,1-4H3. The molecule has 0 aromatic heterocycles. The third kappa shape index (κ3) is 6.00. The Morgan fingerprint density at radius 2 is 1.50 bits per heavy atom. The van der Waals surface area contributed by atoms with Gasteiger partial charge in [0.25, 0.3) is 0 Å². The molecule has 0 aromatic rings. The monoisotopic (exact) mass is 367 g/mol. The van der Waals surface area contributed by atoms with Crippen LogP contribution in [0.2, 0.25) is 0 Å². The second-order valence-electron chi connectivity index (χ2n) is 5.84. The third-order valence-electron chi connectivity index (χ3n) is 2.80. The zero-order chi connectivity index (χ0) is 16.0. The number of hydrogen-bond donors (Lipinski definition) is 1. The van der Waals surface area contributed by atoms with Crippen LogP contribution in [-0.4, -0.2) is 42.1 Å². The van der Waals surface area contributed by atoms with Gasteiger partial charge in [0.2, 0.25) is 0 Å². The summed E-state index contributed by atoms with van der Waals surface area (Å²) in [6, 6.07) is 0. The van der Waals surface area contributed by atoms with Crippen LogP contribution in [0, 0.1) is 5.41 Å². The Labute approximate surface area is 137 Å². The zero-order valence-corrected chi connectivity index (χ0v) is 15.7. The molecule has 0 spiro atoms. The summed E-state index contributed by atoms with van der Waals surface area (Å²) in [5, 5.41) is 0. The fourth-order valence-electron chi connectivity index (χ4n) is 2.33. The van der Waals surface area contributed by atoms with E-state index in [2.05, 4.69) is 0 Å². The molecular weight excluding hydrogens is 343 g/mol. The van der Waals surface area contributed by atoms with Crippen molar-refractivity contribution < 1.29 is 13.6 Å². The van der Waals surface area contributed by atoms with Crippen LogP contribution < -0.4 is 5.73 Å². The van der Waals surface area contributed by atoms with E-state index in [0.29, 0.717) is 0 Å². The molecule has 0 amide bonds. The molecule has 0 aliphatic heterocycles. The Kier molecular flexibility index (Phi) is 8.99. The first-order valence-electron chi connectivity index (χ1n) is 6.45. The van der Waals surface area contributed by atoms with E-state index in [1.54, 1.807) is 6.92 Å². The van der Waals surface area contributed by atoms with E-state index in [9.17, 15) is 4.57 Å². The lowest BCUT2D eigenvalue weighted by molar-refractivity contribution is 0.183. The van der Waals surface area contributed by atoms with Gasteiger partial charge in [-0.2, -0.15) is 0 Å². The van der Waals surface area contributed by atoms with Gasteiger partial charge in [-0.3, -0.25) is 4.57 Å². The molecule has 0 aromatic carbocycles. The van der Waals surface area contributed by atoms with Crippen LogP contribution >= 0.6 is 42.4 Å². The molecule has 0 aliphatic carbocycles. The molecule has 0 aliphatic rings. The number of nitrogens with two attached hydrogens (primary N) is 1. The molecule has 4 nitrogen and oxygen atoms in total. The van der Waals surface area contributed by atoms with Gasteiger partial charge in [0.15, 0.2) is 0 Å². The van der Waals surface area contributed by atoms with Crippen LogP contribution in [0.1, 0.15) is 27.7 Å². The van der Waals surface area contributed by atoms with E-state index in [1.165, 1.54) is 0 Å². The number of alkyl halides is 3. The number of rotatable bonds is 9. The summed E-state index contributed by atoms with van der Waals surface area (Å²) in [7, 11) is -3.50. The molecule has 0 rings (SSSR count). The van der Waals surface area contributed by atoms with Gasteiger partial charge in [0.1, 0.15) is 0 Å². The number of halogens is 3. The molecule has 2 N–H and O–H groups in total. The van der Waals surface area contributed by atoms with Gasteiger partial charge in [-0.05, 0) is 12.3 Å². The first-order valence-corrected chi connectivity index (χ1v) is 9.50. The summed E-state index contributed by atoms with van der Waals surface area (Å²) in [5.41, 5.74) is 4.73.